The second kappa shape index (κ2) is 8.24. The van der Waals surface area contributed by atoms with Crippen molar-refractivity contribution in [2.45, 2.75) is 13.5 Å². The van der Waals surface area contributed by atoms with E-state index in [2.05, 4.69) is 10.3 Å². The van der Waals surface area contributed by atoms with Crippen LogP contribution in [0.15, 0.2) is 53.3 Å². The number of carbonyl (C=O) groups excluding carboxylic acids is 1. The normalized spacial score (nSPS) is 10.8. The molecule has 0 aliphatic carbocycles. The number of H-pyrrole nitrogens is 1. The summed E-state index contributed by atoms with van der Waals surface area (Å²) in [7, 11) is 0. The zero-order valence-electron chi connectivity index (χ0n) is 14.8. The predicted octanol–water partition coefficient (Wildman–Crippen LogP) is 3.52. The number of aliphatic hydroxyl groups is 1. The second-order valence-electron chi connectivity index (χ2n) is 6.30. The molecule has 3 rings (SSSR count). The summed E-state index contributed by atoms with van der Waals surface area (Å²) in [5.74, 6) is 0. The Morgan fingerprint density at radius 3 is 2.78 bits per heavy atom. The van der Waals surface area contributed by atoms with Crippen LogP contribution in [0.3, 0.4) is 0 Å². The molecular weight excluding hydrogens is 366 g/mol. The third-order valence-corrected chi connectivity index (χ3v) is 4.41. The van der Waals surface area contributed by atoms with Crippen LogP contribution in [0, 0.1) is 6.92 Å². The second-order valence-corrected chi connectivity index (χ2v) is 6.74. The Morgan fingerprint density at radius 2 is 2.04 bits per heavy atom. The Labute approximate surface area is 161 Å². The molecule has 0 saturated carbocycles. The molecule has 3 N–H and O–H groups in total. The Bertz CT molecular complexity index is 1030. The van der Waals surface area contributed by atoms with E-state index in [0.717, 1.165) is 16.5 Å². The fourth-order valence-electron chi connectivity index (χ4n) is 2.84. The first-order valence-electron chi connectivity index (χ1n) is 8.51. The zero-order chi connectivity index (χ0) is 19.4. The molecule has 27 heavy (non-hydrogen) atoms. The van der Waals surface area contributed by atoms with Gasteiger partial charge >= 0.3 is 6.03 Å². The van der Waals surface area contributed by atoms with Crippen molar-refractivity contribution in [3.05, 3.63) is 75.0 Å². The van der Waals surface area contributed by atoms with Gasteiger partial charge < -0.3 is 20.3 Å². The standard InChI is InChI=1S/C20H20ClN3O3/c1-13-5-6-18-14(9-13)10-15(19(26)23-18)12-24(7-8-25)20(27)22-17-4-2-3-16(21)11-17/h2-6,9-11,25H,7-8,12H2,1H3,(H,22,27)(H,23,26). The van der Waals surface area contributed by atoms with Crippen LogP contribution in [0.25, 0.3) is 10.9 Å². The molecule has 0 fully saturated rings. The highest BCUT2D eigenvalue weighted by Gasteiger charge is 2.16. The number of rotatable bonds is 5. The van der Waals surface area contributed by atoms with Gasteiger partial charge in [0.1, 0.15) is 0 Å². The summed E-state index contributed by atoms with van der Waals surface area (Å²) in [6.45, 7) is 1.93. The largest absolute Gasteiger partial charge is 0.395 e. The van der Waals surface area contributed by atoms with E-state index in [0.29, 0.717) is 16.3 Å². The number of nitrogens with one attached hydrogen (secondary N) is 2. The van der Waals surface area contributed by atoms with Crippen molar-refractivity contribution in [1.29, 1.82) is 0 Å². The van der Waals surface area contributed by atoms with Gasteiger partial charge in [0.2, 0.25) is 0 Å². The average Bonchev–Trinajstić information content (AvgIpc) is 2.62. The van der Waals surface area contributed by atoms with E-state index in [1.807, 2.05) is 25.1 Å². The number of fused-ring (bicyclic) bond motifs is 1. The molecule has 0 radical (unpaired) electrons. The summed E-state index contributed by atoms with van der Waals surface area (Å²) in [4.78, 5) is 29.2. The van der Waals surface area contributed by atoms with Gasteiger partial charge in [0, 0.05) is 28.3 Å². The van der Waals surface area contributed by atoms with Crippen molar-refractivity contribution in [1.82, 2.24) is 9.88 Å². The fraction of sp³-hybridized carbons (Fsp3) is 0.200. The summed E-state index contributed by atoms with van der Waals surface area (Å²) in [6, 6.07) is 13.9. The maximum absolute atomic E-state index is 12.6. The molecule has 1 heterocycles. The number of aliphatic hydroxyl groups excluding tert-OH is 1. The number of aromatic nitrogens is 1. The number of benzene rings is 2. The summed E-state index contributed by atoms with van der Waals surface area (Å²) >= 11 is 5.94. The van der Waals surface area contributed by atoms with Crippen LogP contribution in [-0.2, 0) is 6.54 Å². The van der Waals surface area contributed by atoms with E-state index in [9.17, 15) is 14.7 Å². The SMILES string of the molecule is Cc1ccc2[nH]c(=O)c(CN(CCO)C(=O)Nc3cccc(Cl)c3)cc2c1. The number of carbonyl (C=O) groups is 1. The van der Waals surface area contributed by atoms with Gasteiger partial charge in [-0.2, -0.15) is 0 Å². The average molecular weight is 386 g/mol. The lowest BCUT2D eigenvalue weighted by Crippen LogP contribution is -2.38. The van der Waals surface area contributed by atoms with Gasteiger partial charge in [-0.1, -0.05) is 29.3 Å². The molecule has 0 aliphatic rings. The highest BCUT2D eigenvalue weighted by atomic mass is 35.5. The first-order valence-corrected chi connectivity index (χ1v) is 8.89. The molecule has 0 saturated heterocycles. The van der Waals surface area contributed by atoms with Gasteiger partial charge in [-0.15, -0.1) is 0 Å². The van der Waals surface area contributed by atoms with Gasteiger partial charge in [0.25, 0.3) is 5.56 Å². The molecule has 6 nitrogen and oxygen atoms in total. The molecule has 1 aromatic heterocycles. The first-order chi connectivity index (χ1) is 13.0. The lowest BCUT2D eigenvalue weighted by atomic mass is 10.1. The highest BCUT2D eigenvalue weighted by Crippen LogP contribution is 2.17. The minimum absolute atomic E-state index is 0.0756. The van der Waals surface area contributed by atoms with E-state index in [4.69, 9.17) is 11.6 Å². The van der Waals surface area contributed by atoms with Crippen molar-refractivity contribution >= 4 is 34.2 Å². The molecule has 7 heteroatoms. The molecule has 0 spiro atoms. The van der Waals surface area contributed by atoms with Crippen LogP contribution < -0.4 is 10.9 Å². The van der Waals surface area contributed by atoms with E-state index in [-0.39, 0.29) is 25.3 Å². The highest BCUT2D eigenvalue weighted by molar-refractivity contribution is 6.30. The van der Waals surface area contributed by atoms with Gasteiger partial charge in [-0.05, 0) is 48.7 Å². The number of aromatic amines is 1. The van der Waals surface area contributed by atoms with Crippen LogP contribution in [0.5, 0.6) is 0 Å². The van der Waals surface area contributed by atoms with Gasteiger partial charge in [-0.3, -0.25) is 4.79 Å². The number of hydrogen-bond donors (Lipinski definition) is 3. The molecule has 3 aromatic rings. The molecule has 2 amide bonds. The van der Waals surface area contributed by atoms with Crippen LogP contribution in [0.2, 0.25) is 5.02 Å². The number of nitrogens with zero attached hydrogens (tertiary/aromatic N) is 1. The van der Waals surface area contributed by atoms with Crippen LogP contribution in [-0.4, -0.2) is 34.2 Å². The Hall–Kier alpha value is -2.83. The summed E-state index contributed by atoms with van der Waals surface area (Å²) < 4.78 is 0. The third kappa shape index (κ3) is 4.67. The van der Waals surface area contributed by atoms with Crippen molar-refractivity contribution in [2.24, 2.45) is 0 Å². The van der Waals surface area contributed by atoms with E-state index >= 15 is 0 Å². The number of halogens is 1. The lowest BCUT2D eigenvalue weighted by molar-refractivity contribution is 0.185. The molecule has 0 bridgehead atoms. The van der Waals surface area contributed by atoms with Crippen LogP contribution in [0.1, 0.15) is 11.1 Å². The van der Waals surface area contributed by atoms with Gasteiger partial charge in [0.05, 0.1) is 13.2 Å². The van der Waals surface area contributed by atoms with Crippen molar-refractivity contribution < 1.29 is 9.90 Å². The third-order valence-electron chi connectivity index (χ3n) is 4.17. The number of urea groups is 1. The van der Waals surface area contributed by atoms with Crippen molar-refractivity contribution in [3.8, 4) is 0 Å². The van der Waals surface area contributed by atoms with Gasteiger partial charge in [0.15, 0.2) is 0 Å². The quantitative estimate of drug-likeness (QED) is 0.628. The summed E-state index contributed by atoms with van der Waals surface area (Å²) in [5.41, 5.74) is 2.55. The maximum Gasteiger partial charge on any atom is 0.322 e. The van der Waals surface area contributed by atoms with Crippen molar-refractivity contribution in [2.75, 3.05) is 18.5 Å². The summed E-state index contributed by atoms with van der Waals surface area (Å²) in [5, 5.41) is 13.5. The van der Waals surface area contributed by atoms with E-state index in [1.165, 1.54) is 4.90 Å². The molecule has 0 atom stereocenters. The topological polar surface area (TPSA) is 85.4 Å². The van der Waals surface area contributed by atoms with Gasteiger partial charge in [-0.25, -0.2) is 4.79 Å². The Kier molecular flexibility index (Phi) is 5.78. The van der Waals surface area contributed by atoms with Crippen LogP contribution in [0.4, 0.5) is 10.5 Å². The van der Waals surface area contributed by atoms with E-state index < -0.39 is 6.03 Å². The maximum atomic E-state index is 12.6. The number of anilines is 1. The molecule has 2 aromatic carbocycles. The van der Waals surface area contributed by atoms with E-state index in [1.54, 1.807) is 30.3 Å². The smallest absolute Gasteiger partial charge is 0.322 e. The number of hydrogen-bond acceptors (Lipinski definition) is 3. The summed E-state index contributed by atoms with van der Waals surface area (Å²) in [6.07, 6.45) is 0. The minimum Gasteiger partial charge on any atom is -0.395 e. The molecule has 140 valence electrons. The Morgan fingerprint density at radius 1 is 1.22 bits per heavy atom. The van der Waals surface area contributed by atoms with Crippen LogP contribution >= 0.6 is 11.6 Å². The predicted molar refractivity (Wildman–Crippen MR) is 107 cm³/mol. The number of amides is 2. The van der Waals surface area contributed by atoms with Crippen molar-refractivity contribution in [3.63, 3.8) is 0 Å². The molecular formula is C20H20ClN3O3. The fourth-order valence-corrected chi connectivity index (χ4v) is 3.03. The number of aryl methyl sites for hydroxylation is 1. The minimum atomic E-state index is -0.421. The Balaban J connectivity index is 1.85. The number of pyridine rings is 1. The molecule has 0 aliphatic heterocycles. The first kappa shape index (κ1) is 18.9. The lowest BCUT2D eigenvalue weighted by Gasteiger charge is -2.22. The zero-order valence-corrected chi connectivity index (χ0v) is 15.6. The molecule has 0 unspecified atom stereocenters. The monoisotopic (exact) mass is 385 g/mol.